The summed E-state index contributed by atoms with van der Waals surface area (Å²) in [7, 11) is 4.01. The molecule has 0 amide bonds. The fourth-order valence-corrected chi connectivity index (χ4v) is 2.76. The van der Waals surface area contributed by atoms with E-state index in [1.165, 1.54) is 0 Å². The van der Waals surface area contributed by atoms with Crippen LogP contribution in [0.2, 0.25) is 0 Å². The molecule has 1 aromatic heterocycles. The Morgan fingerprint density at radius 3 is 2.71 bits per heavy atom. The van der Waals surface area contributed by atoms with Gasteiger partial charge in [-0.1, -0.05) is 0 Å². The largest absolute Gasteiger partial charge is 0.492 e. The van der Waals surface area contributed by atoms with Crippen LogP contribution in [0.4, 0.5) is 5.88 Å². The molecule has 0 N–H and O–H groups in total. The van der Waals surface area contributed by atoms with Crippen LogP contribution in [0.5, 0.6) is 5.75 Å². The van der Waals surface area contributed by atoms with Crippen LogP contribution in [0.15, 0.2) is 27.4 Å². The average Bonchev–Trinajstić information content (AvgIpc) is 2.57. The lowest BCUT2D eigenvalue weighted by atomic mass is 10.1. The molecule has 1 aliphatic rings. The highest BCUT2D eigenvalue weighted by Crippen LogP contribution is 2.28. The quantitative estimate of drug-likeness (QED) is 0.833. The lowest BCUT2D eigenvalue weighted by molar-refractivity contribution is 0.121. The Kier molecular flexibility index (Phi) is 5.06. The van der Waals surface area contributed by atoms with Gasteiger partial charge in [0.05, 0.1) is 18.6 Å². The first-order valence-electron chi connectivity index (χ1n) is 8.24. The molecular weight excluding hydrogens is 308 g/mol. The van der Waals surface area contributed by atoms with Gasteiger partial charge in [-0.05, 0) is 33.2 Å². The molecular formula is C18H24N2O4. The van der Waals surface area contributed by atoms with Crippen LogP contribution in [0.25, 0.3) is 11.0 Å². The van der Waals surface area contributed by atoms with Crippen molar-refractivity contribution in [2.75, 3.05) is 58.5 Å². The Morgan fingerprint density at radius 2 is 2.00 bits per heavy atom. The van der Waals surface area contributed by atoms with Gasteiger partial charge in [0, 0.05) is 31.3 Å². The van der Waals surface area contributed by atoms with Crippen LogP contribution in [0.3, 0.4) is 0 Å². The van der Waals surface area contributed by atoms with Crippen LogP contribution in [-0.2, 0) is 4.74 Å². The van der Waals surface area contributed by atoms with E-state index in [2.05, 4.69) is 4.90 Å². The predicted molar refractivity (Wildman–Crippen MR) is 94.3 cm³/mol. The zero-order valence-electron chi connectivity index (χ0n) is 14.5. The van der Waals surface area contributed by atoms with Crippen LogP contribution in [-0.4, -0.2) is 58.5 Å². The van der Waals surface area contributed by atoms with E-state index in [1.807, 2.05) is 32.0 Å². The molecule has 1 aliphatic heterocycles. The molecule has 0 bridgehead atoms. The molecule has 6 heteroatoms. The van der Waals surface area contributed by atoms with E-state index < -0.39 is 0 Å². The summed E-state index contributed by atoms with van der Waals surface area (Å²) in [5, 5.41) is 0.587. The predicted octanol–water partition coefficient (Wildman–Crippen LogP) is 1.88. The fourth-order valence-electron chi connectivity index (χ4n) is 2.76. The first-order chi connectivity index (χ1) is 11.6. The normalized spacial score (nSPS) is 15.2. The van der Waals surface area contributed by atoms with Gasteiger partial charge in [0.1, 0.15) is 17.9 Å². The summed E-state index contributed by atoms with van der Waals surface area (Å²) in [6, 6.07) is 5.20. The van der Waals surface area contributed by atoms with Crippen molar-refractivity contribution in [2.24, 2.45) is 0 Å². The maximum absolute atomic E-state index is 12.4. The van der Waals surface area contributed by atoms with Gasteiger partial charge in [-0.25, -0.2) is 0 Å². The summed E-state index contributed by atoms with van der Waals surface area (Å²) in [6.45, 7) is 6.10. The minimum absolute atomic E-state index is 0.0271. The van der Waals surface area contributed by atoms with Gasteiger partial charge >= 0.3 is 0 Å². The third-order valence-electron chi connectivity index (χ3n) is 4.20. The van der Waals surface area contributed by atoms with Crippen molar-refractivity contribution in [3.8, 4) is 5.75 Å². The molecule has 2 aromatic rings. The minimum atomic E-state index is -0.0271. The maximum Gasteiger partial charge on any atom is 0.200 e. The number of nitrogens with zero attached hydrogens (tertiary/aromatic N) is 2. The monoisotopic (exact) mass is 332 g/mol. The molecule has 0 aliphatic carbocycles. The number of benzene rings is 1. The van der Waals surface area contributed by atoms with Gasteiger partial charge in [0.25, 0.3) is 0 Å². The van der Waals surface area contributed by atoms with E-state index in [-0.39, 0.29) is 5.43 Å². The molecule has 1 fully saturated rings. The van der Waals surface area contributed by atoms with E-state index in [4.69, 9.17) is 13.9 Å². The highest BCUT2D eigenvalue weighted by Gasteiger charge is 2.17. The van der Waals surface area contributed by atoms with Gasteiger partial charge < -0.3 is 23.7 Å². The molecule has 1 saturated heterocycles. The first-order valence-corrected chi connectivity index (χ1v) is 8.24. The Hall–Kier alpha value is -2.05. The fraction of sp³-hybridized carbons (Fsp3) is 0.500. The van der Waals surface area contributed by atoms with Gasteiger partial charge in [-0.3, -0.25) is 4.79 Å². The van der Waals surface area contributed by atoms with E-state index in [0.29, 0.717) is 36.7 Å². The first kappa shape index (κ1) is 16.8. The van der Waals surface area contributed by atoms with Crippen molar-refractivity contribution in [3.05, 3.63) is 34.0 Å². The summed E-state index contributed by atoms with van der Waals surface area (Å²) in [4.78, 5) is 16.6. The van der Waals surface area contributed by atoms with Crippen molar-refractivity contribution in [1.82, 2.24) is 4.90 Å². The molecule has 0 unspecified atom stereocenters. The van der Waals surface area contributed by atoms with Crippen LogP contribution < -0.4 is 15.1 Å². The molecule has 1 aromatic carbocycles. The Morgan fingerprint density at radius 1 is 1.25 bits per heavy atom. The van der Waals surface area contributed by atoms with Gasteiger partial charge in [0.15, 0.2) is 11.3 Å². The second-order valence-electron chi connectivity index (χ2n) is 6.27. The average molecular weight is 332 g/mol. The zero-order chi connectivity index (χ0) is 17.1. The van der Waals surface area contributed by atoms with E-state index in [9.17, 15) is 4.79 Å². The topological polar surface area (TPSA) is 55.2 Å². The smallest absolute Gasteiger partial charge is 0.200 e. The van der Waals surface area contributed by atoms with E-state index >= 15 is 0 Å². The molecule has 6 nitrogen and oxygen atoms in total. The molecule has 0 saturated carbocycles. The van der Waals surface area contributed by atoms with E-state index in [1.54, 1.807) is 12.1 Å². The number of likely N-dealkylation sites (N-methyl/N-ethyl adjacent to an activating group) is 1. The third-order valence-corrected chi connectivity index (χ3v) is 4.20. The van der Waals surface area contributed by atoms with Gasteiger partial charge in [-0.2, -0.15) is 0 Å². The van der Waals surface area contributed by atoms with Gasteiger partial charge in [0.2, 0.25) is 0 Å². The molecule has 24 heavy (non-hydrogen) atoms. The lowest BCUT2D eigenvalue weighted by Gasteiger charge is -2.27. The number of morpholine rings is 1. The number of hydrogen-bond donors (Lipinski definition) is 0. The molecule has 0 atom stereocenters. The van der Waals surface area contributed by atoms with Crippen LogP contribution in [0, 0.1) is 6.92 Å². The number of ether oxygens (including phenoxy) is 2. The summed E-state index contributed by atoms with van der Waals surface area (Å²) >= 11 is 0. The second-order valence-corrected chi connectivity index (χ2v) is 6.27. The second kappa shape index (κ2) is 7.23. The standard InChI is InChI=1S/C18H24N2O4/c1-13-16(23-11-6-19(2)3)5-4-14-15(21)12-17(24-18(13)14)20-7-9-22-10-8-20/h4-5,12H,6-11H2,1-3H3. The molecule has 0 radical (unpaired) electrons. The summed E-state index contributed by atoms with van der Waals surface area (Å²) in [5.41, 5.74) is 1.44. The van der Waals surface area contributed by atoms with Crippen molar-refractivity contribution >= 4 is 16.9 Å². The number of hydrogen-bond acceptors (Lipinski definition) is 6. The van der Waals surface area contributed by atoms with Crippen molar-refractivity contribution in [3.63, 3.8) is 0 Å². The number of aryl methyl sites for hydroxylation is 1. The minimum Gasteiger partial charge on any atom is -0.492 e. The number of anilines is 1. The lowest BCUT2D eigenvalue weighted by Crippen LogP contribution is -2.36. The Labute approximate surface area is 141 Å². The Bertz CT molecular complexity index is 763. The molecule has 3 rings (SSSR count). The van der Waals surface area contributed by atoms with Crippen molar-refractivity contribution in [2.45, 2.75) is 6.92 Å². The third kappa shape index (κ3) is 3.55. The summed E-state index contributed by atoms with van der Waals surface area (Å²) in [5.74, 6) is 1.36. The molecule has 0 spiro atoms. The van der Waals surface area contributed by atoms with Gasteiger partial charge in [-0.15, -0.1) is 0 Å². The summed E-state index contributed by atoms with van der Waals surface area (Å²) < 4.78 is 17.3. The maximum atomic E-state index is 12.4. The van der Waals surface area contributed by atoms with Crippen LogP contribution >= 0.6 is 0 Å². The molecule has 130 valence electrons. The summed E-state index contributed by atoms with van der Waals surface area (Å²) in [6.07, 6.45) is 0. The molecule has 2 heterocycles. The number of rotatable bonds is 5. The highest BCUT2D eigenvalue weighted by atomic mass is 16.5. The van der Waals surface area contributed by atoms with Crippen molar-refractivity contribution in [1.29, 1.82) is 0 Å². The zero-order valence-corrected chi connectivity index (χ0v) is 14.5. The SMILES string of the molecule is Cc1c(OCCN(C)C)ccc2c(=O)cc(N3CCOCC3)oc12. The number of fused-ring (bicyclic) bond motifs is 1. The highest BCUT2D eigenvalue weighted by molar-refractivity contribution is 5.82. The van der Waals surface area contributed by atoms with Crippen molar-refractivity contribution < 1.29 is 13.9 Å². The van der Waals surface area contributed by atoms with Crippen LogP contribution in [0.1, 0.15) is 5.56 Å². The Balaban J connectivity index is 1.94. The van der Waals surface area contributed by atoms with E-state index in [0.717, 1.165) is 30.9 Å².